The molecule has 0 saturated carbocycles. The van der Waals surface area contributed by atoms with Gasteiger partial charge in [-0.05, 0) is 54.6 Å². The fourth-order valence-corrected chi connectivity index (χ4v) is 2.33. The van der Waals surface area contributed by atoms with Crippen LogP contribution in [0.5, 0.6) is 0 Å². The van der Waals surface area contributed by atoms with E-state index in [1.807, 2.05) is 0 Å². The summed E-state index contributed by atoms with van der Waals surface area (Å²) in [7, 11) is 0. The van der Waals surface area contributed by atoms with Crippen molar-refractivity contribution in [2.45, 2.75) is 0 Å². The third-order valence-corrected chi connectivity index (χ3v) is 3.71. The summed E-state index contributed by atoms with van der Waals surface area (Å²) < 4.78 is 18.7. The molecule has 1 heterocycles. The summed E-state index contributed by atoms with van der Waals surface area (Å²) in [5, 5.41) is 11.4. The Kier molecular flexibility index (Phi) is 4.54. The van der Waals surface area contributed by atoms with E-state index in [0.29, 0.717) is 17.0 Å². The molecule has 0 saturated heterocycles. The molecule has 0 aliphatic carbocycles. The van der Waals surface area contributed by atoms with Crippen molar-refractivity contribution in [3.8, 4) is 11.3 Å². The maximum absolute atomic E-state index is 13.2. The quantitative estimate of drug-likeness (QED) is 0.708. The van der Waals surface area contributed by atoms with Crippen LogP contribution in [-0.4, -0.2) is 17.0 Å². The molecule has 0 spiro atoms. The van der Waals surface area contributed by atoms with Crippen molar-refractivity contribution >= 4 is 29.2 Å². The molecule has 5 nitrogen and oxygen atoms in total. The van der Waals surface area contributed by atoms with Crippen LogP contribution in [0.1, 0.15) is 20.9 Å². The van der Waals surface area contributed by atoms with Crippen molar-refractivity contribution in [1.29, 1.82) is 0 Å². The average molecular weight is 360 g/mol. The fraction of sp³-hybridized carbons (Fsp3) is 0. The minimum atomic E-state index is -1.05. The molecule has 0 radical (unpaired) electrons. The lowest BCUT2D eigenvalue weighted by atomic mass is 10.2. The van der Waals surface area contributed by atoms with E-state index >= 15 is 0 Å². The Balaban J connectivity index is 1.76. The van der Waals surface area contributed by atoms with Gasteiger partial charge in [0.1, 0.15) is 11.6 Å². The smallest absolute Gasteiger partial charge is 0.335 e. The van der Waals surface area contributed by atoms with Crippen molar-refractivity contribution in [1.82, 2.24) is 0 Å². The van der Waals surface area contributed by atoms with Crippen LogP contribution in [-0.2, 0) is 0 Å². The molecule has 1 aromatic heterocycles. The molecule has 3 aromatic rings. The Morgan fingerprint density at radius 2 is 1.76 bits per heavy atom. The highest BCUT2D eigenvalue weighted by atomic mass is 35.5. The van der Waals surface area contributed by atoms with Crippen LogP contribution >= 0.6 is 11.6 Å². The standard InChI is InChI=1S/C18H11ClFNO4/c19-13-9-11(3-6-14(13)20)15-7-8-16(25-15)17(22)21-12-4-1-10(2-5-12)18(23)24/h1-9H,(H,21,22)(H,23,24). The van der Waals surface area contributed by atoms with Crippen LogP contribution in [0.4, 0.5) is 10.1 Å². The Bertz CT molecular complexity index is 950. The Labute approximate surface area is 146 Å². The first-order valence-electron chi connectivity index (χ1n) is 7.14. The highest BCUT2D eigenvalue weighted by Gasteiger charge is 2.14. The van der Waals surface area contributed by atoms with E-state index in [0.717, 1.165) is 0 Å². The lowest BCUT2D eigenvalue weighted by molar-refractivity contribution is 0.0696. The van der Waals surface area contributed by atoms with Gasteiger partial charge in [-0.15, -0.1) is 0 Å². The molecule has 0 bridgehead atoms. The number of carboxylic acids is 1. The minimum Gasteiger partial charge on any atom is -0.478 e. The van der Waals surface area contributed by atoms with Gasteiger partial charge in [0.05, 0.1) is 10.6 Å². The number of furan rings is 1. The second-order valence-corrected chi connectivity index (χ2v) is 5.54. The predicted molar refractivity (Wildman–Crippen MR) is 90.5 cm³/mol. The monoisotopic (exact) mass is 359 g/mol. The maximum atomic E-state index is 13.2. The molecule has 0 aliphatic heterocycles. The molecule has 7 heteroatoms. The van der Waals surface area contributed by atoms with Gasteiger partial charge < -0.3 is 14.8 Å². The fourth-order valence-electron chi connectivity index (χ4n) is 2.15. The molecule has 0 fully saturated rings. The van der Waals surface area contributed by atoms with Gasteiger partial charge >= 0.3 is 5.97 Å². The Hall–Kier alpha value is -3.12. The maximum Gasteiger partial charge on any atom is 0.335 e. The summed E-state index contributed by atoms with van der Waals surface area (Å²) in [5.41, 5.74) is 1.08. The SMILES string of the molecule is O=C(O)c1ccc(NC(=O)c2ccc(-c3ccc(F)c(Cl)c3)o2)cc1. The van der Waals surface area contributed by atoms with Gasteiger partial charge in [0.25, 0.3) is 5.91 Å². The van der Waals surface area contributed by atoms with Crippen LogP contribution in [0.25, 0.3) is 11.3 Å². The Morgan fingerprint density at radius 3 is 2.40 bits per heavy atom. The third kappa shape index (κ3) is 3.70. The number of hydrogen-bond acceptors (Lipinski definition) is 3. The van der Waals surface area contributed by atoms with Crippen LogP contribution in [0.15, 0.2) is 59.0 Å². The van der Waals surface area contributed by atoms with E-state index < -0.39 is 17.7 Å². The first kappa shape index (κ1) is 16.7. The van der Waals surface area contributed by atoms with Gasteiger partial charge in [0.2, 0.25) is 0 Å². The summed E-state index contributed by atoms with van der Waals surface area (Å²) in [6.45, 7) is 0. The van der Waals surface area contributed by atoms with Gasteiger partial charge in [-0.2, -0.15) is 0 Å². The summed E-state index contributed by atoms with van der Waals surface area (Å²) >= 11 is 5.74. The molecule has 0 aliphatic rings. The molecule has 2 aromatic carbocycles. The number of benzene rings is 2. The van der Waals surface area contributed by atoms with Crippen LogP contribution < -0.4 is 5.32 Å². The van der Waals surface area contributed by atoms with Crippen molar-refractivity contribution in [3.63, 3.8) is 0 Å². The number of anilines is 1. The third-order valence-electron chi connectivity index (χ3n) is 3.42. The largest absolute Gasteiger partial charge is 0.478 e. The Morgan fingerprint density at radius 1 is 1.04 bits per heavy atom. The van der Waals surface area contributed by atoms with Crippen molar-refractivity contribution < 1.29 is 23.5 Å². The molecular formula is C18H11ClFNO4. The normalized spacial score (nSPS) is 10.5. The van der Waals surface area contributed by atoms with Crippen LogP contribution in [0.2, 0.25) is 5.02 Å². The number of carboxylic acid groups (broad SMARTS) is 1. The summed E-state index contributed by atoms with van der Waals surface area (Å²) in [6, 6.07) is 12.9. The second kappa shape index (κ2) is 6.78. The minimum absolute atomic E-state index is 0.0431. The summed E-state index contributed by atoms with van der Waals surface area (Å²) in [4.78, 5) is 23.0. The summed E-state index contributed by atoms with van der Waals surface area (Å²) in [6.07, 6.45) is 0. The molecule has 1 amide bonds. The number of halogens is 2. The van der Waals surface area contributed by atoms with Crippen molar-refractivity contribution in [2.24, 2.45) is 0 Å². The number of nitrogens with one attached hydrogen (secondary N) is 1. The molecule has 25 heavy (non-hydrogen) atoms. The van der Waals surface area contributed by atoms with E-state index in [1.54, 1.807) is 6.07 Å². The van der Waals surface area contributed by atoms with Crippen molar-refractivity contribution in [2.75, 3.05) is 5.32 Å². The number of carbonyl (C=O) groups excluding carboxylic acids is 1. The zero-order chi connectivity index (χ0) is 18.0. The van der Waals surface area contributed by atoms with Gasteiger partial charge in [0.15, 0.2) is 5.76 Å². The van der Waals surface area contributed by atoms with Gasteiger partial charge in [-0.25, -0.2) is 9.18 Å². The highest BCUT2D eigenvalue weighted by molar-refractivity contribution is 6.31. The first-order valence-corrected chi connectivity index (χ1v) is 7.52. The zero-order valence-electron chi connectivity index (χ0n) is 12.6. The van der Waals surface area contributed by atoms with Crippen molar-refractivity contribution in [3.05, 3.63) is 76.8 Å². The van der Waals surface area contributed by atoms with Crippen LogP contribution in [0, 0.1) is 5.82 Å². The number of aromatic carboxylic acids is 1. The van der Waals surface area contributed by atoms with E-state index in [-0.39, 0.29) is 16.3 Å². The number of carbonyl (C=O) groups is 2. The van der Waals surface area contributed by atoms with E-state index in [9.17, 15) is 14.0 Å². The van der Waals surface area contributed by atoms with Gasteiger partial charge in [0, 0.05) is 11.3 Å². The lowest BCUT2D eigenvalue weighted by Gasteiger charge is -2.04. The molecular weight excluding hydrogens is 349 g/mol. The molecule has 2 N–H and O–H groups in total. The molecule has 126 valence electrons. The molecule has 0 atom stereocenters. The topological polar surface area (TPSA) is 79.5 Å². The van der Waals surface area contributed by atoms with Crippen LogP contribution in [0.3, 0.4) is 0 Å². The zero-order valence-corrected chi connectivity index (χ0v) is 13.4. The molecule has 3 rings (SSSR count). The van der Waals surface area contributed by atoms with Gasteiger partial charge in [-0.1, -0.05) is 11.6 Å². The van der Waals surface area contributed by atoms with Gasteiger partial charge in [-0.3, -0.25) is 4.79 Å². The van der Waals surface area contributed by atoms with E-state index in [1.165, 1.54) is 48.5 Å². The number of amides is 1. The number of rotatable bonds is 4. The van der Waals surface area contributed by atoms with E-state index in [4.69, 9.17) is 21.1 Å². The van der Waals surface area contributed by atoms with E-state index in [2.05, 4.69) is 5.32 Å². The summed E-state index contributed by atoms with van der Waals surface area (Å²) in [5.74, 6) is -1.67. The lowest BCUT2D eigenvalue weighted by Crippen LogP contribution is -2.11. The average Bonchev–Trinajstić information content (AvgIpc) is 3.08. The predicted octanol–water partition coefficient (Wildman–Crippen LogP) is 4.69. The number of hydrogen-bond donors (Lipinski definition) is 2. The second-order valence-electron chi connectivity index (χ2n) is 5.13. The highest BCUT2D eigenvalue weighted by Crippen LogP contribution is 2.27. The molecule has 0 unspecified atom stereocenters. The first-order chi connectivity index (χ1) is 11.9.